The Morgan fingerprint density at radius 1 is 0.750 bits per heavy atom. The first-order valence-electron chi connectivity index (χ1n) is 13.3. The lowest BCUT2D eigenvalue weighted by molar-refractivity contribution is 0.101. The summed E-state index contributed by atoms with van der Waals surface area (Å²) >= 11 is 0. The Balaban J connectivity index is 0. The maximum absolute atomic E-state index is 2.57. The van der Waals surface area contributed by atoms with E-state index in [4.69, 9.17) is 0 Å². The highest BCUT2D eigenvalue weighted by Crippen LogP contribution is 2.44. The summed E-state index contributed by atoms with van der Waals surface area (Å²) in [6.45, 7) is 25.4. The van der Waals surface area contributed by atoms with Crippen molar-refractivity contribution < 1.29 is 0 Å². The van der Waals surface area contributed by atoms with Crippen LogP contribution in [0, 0.1) is 41.4 Å². The topological polar surface area (TPSA) is 0 Å². The van der Waals surface area contributed by atoms with Gasteiger partial charge in [0.2, 0.25) is 0 Å². The van der Waals surface area contributed by atoms with E-state index in [1.807, 2.05) is 13.8 Å². The first-order valence-corrected chi connectivity index (χ1v) is 13.3. The van der Waals surface area contributed by atoms with Crippen LogP contribution in [0.4, 0.5) is 0 Å². The third-order valence-corrected chi connectivity index (χ3v) is 7.19. The Morgan fingerprint density at radius 2 is 1.25 bits per heavy atom. The highest BCUT2D eigenvalue weighted by atomic mass is 14.4. The lowest BCUT2D eigenvalue weighted by Crippen LogP contribution is -2.32. The molecule has 0 aromatic heterocycles. The SMILES string of the molecule is CC.CCC(C)C.CCCC(CC)CC(C)C(C(C)C)C(CC)C1CCCC1. The number of hydrogen-bond donors (Lipinski definition) is 0. The van der Waals surface area contributed by atoms with Crippen molar-refractivity contribution in [2.24, 2.45) is 41.4 Å². The first-order chi connectivity index (χ1) is 13.3. The summed E-state index contributed by atoms with van der Waals surface area (Å²) in [6, 6.07) is 0. The Hall–Kier alpha value is 0. The van der Waals surface area contributed by atoms with Gasteiger partial charge in [0.15, 0.2) is 0 Å². The van der Waals surface area contributed by atoms with Crippen molar-refractivity contribution in [1.82, 2.24) is 0 Å². The molecule has 172 valence electrons. The van der Waals surface area contributed by atoms with Crippen LogP contribution in [0.5, 0.6) is 0 Å². The lowest BCUT2D eigenvalue weighted by Gasteiger charge is -2.39. The van der Waals surface area contributed by atoms with Crippen LogP contribution in [0.1, 0.15) is 140 Å². The van der Waals surface area contributed by atoms with Gasteiger partial charge in [-0.2, -0.15) is 0 Å². The van der Waals surface area contributed by atoms with Crippen molar-refractivity contribution in [3.8, 4) is 0 Å². The summed E-state index contributed by atoms with van der Waals surface area (Å²) in [4.78, 5) is 0. The minimum absolute atomic E-state index is 0.852. The van der Waals surface area contributed by atoms with E-state index in [0.717, 1.165) is 41.4 Å². The van der Waals surface area contributed by atoms with Crippen molar-refractivity contribution in [3.05, 3.63) is 0 Å². The van der Waals surface area contributed by atoms with Gasteiger partial charge in [0.1, 0.15) is 0 Å². The Morgan fingerprint density at radius 3 is 1.57 bits per heavy atom. The summed E-state index contributed by atoms with van der Waals surface area (Å²) in [7, 11) is 0. The molecule has 0 amide bonds. The van der Waals surface area contributed by atoms with Crippen LogP contribution in [0.2, 0.25) is 0 Å². The fraction of sp³-hybridized carbons (Fsp3) is 1.00. The van der Waals surface area contributed by atoms with Crippen LogP contribution in [0.25, 0.3) is 0 Å². The van der Waals surface area contributed by atoms with Gasteiger partial charge in [-0.1, -0.05) is 134 Å². The molecule has 0 aliphatic heterocycles. The molecule has 4 unspecified atom stereocenters. The zero-order valence-corrected chi connectivity index (χ0v) is 22.1. The average Bonchev–Trinajstić information content (AvgIpc) is 3.21. The Bertz CT molecular complexity index is 297. The maximum atomic E-state index is 2.57. The van der Waals surface area contributed by atoms with Crippen molar-refractivity contribution in [2.45, 2.75) is 140 Å². The van der Waals surface area contributed by atoms with Crippen LogP contribution in [0.15, 0.2) is 0 Å². The minimum atomic E-state index is 0.852. The standard InChI is InChI=1S/C21H42.C5H12.C2H6/c1-7-12-18(8-2)15-17(6)21(16(4)5)20(9-3)19-13-10-11-14-19;1-4-5(2)3;1-2/h16-21H,7-15H2,1-6H3;5H,4H2,1-3H3;1-2H3. The fourth-order valence-corrected chi connectivity index (χ4v) is 5.46. The van der Waals surface area contributed by atoms with E-state index in [9.17, 15) is 0 Å². The Labute approximate surface area is 182 Å². The van der Waals surface area contributed by atoms with Gasteiger partial charge in [-0.15, -0.1) is 0 Å². The average molecular weight is 397 g/mol. The third kappa shape index (κ3) is 12.5. The summed E-state index contributed by atoms with van der Waals surface area (Å²) < 4.78 is 0. The molecule has 0 bridgehead atoms. The highest BCUT2D eigenvalue weighted by Gasteiger charge is 2.35. The molecule has 0 saturated heterocycles. The maximum Gasteiger partial charge on any atom is -0.0334 e. The molecule has 1 fully saturated rings. The van der Waals surface area contributed by atoms with E-state index in [2.05, 4.69) is 62.3 Å². The van der Waals surface area contributed by atoms with Gasteiger partial charge < -0.3 is 0 Å². The molecule has 0 nitrogen and oxygen atoms in total. The molecular weight excluding hydrogens is 336 g/mol. The van der Waals surface area contributed by atoms with E-state index in [1.54, 1.807) is 0 Å². The van der Waals surface area contributed by atoms with Crippen LogP contribution >= 0.6 is 0 Å². The van der Waals surface area contributed by atoms with Crippen molar-refractivity contribution >= 4 is 0 Å². The summed E-state index contributed by atoms with van der Waals surface area (Å²) in [5.74, 6) is 6.58. The van der Waals surface area contributed by atoms with E-state index < -0.39 is 0 Å². The molecule has 0 radical (unpaired) electrons. The minimum Gasteiger partial charge on any atom is -0.0683 e. The summed E-state index contributed by atoms with van der Waals surface area (Å²) in [6.07, 6.45) is 14.4. The molecule has 1 aliphatic carbocycles. The zero-order chi connectivity index (χ0) is 22.1. The molecule has 0 N–H and O–H groups in total. The first kappa shape index (κ1) is 30.2. The van der Waals surface area contributed by atoms with Gasteiger partial charge in [0.05, 0.1) is 0 Å². The monoisotopic (exact) mass is 396 g/mol. The smallest absolute Gasteiger partial charge is 0.0334 e. The van der Waals surface area contributed by atoms with Crippen molar-refractivity contribution in [3.63, 3.8) is 0 Å². The summed E-state index contributed by atoms with van der Waals surface area (Å²) in [5, 5.41) is 0. The Kier molecular flexibility index (Phi) is 20.5. The molecule has 1 rings (SSSR count). The second-order valence-corrected chi connectivity index (χ2v) is 10.0. The van der Waals surface area contributed by atoms with E-state index in [1.165, 1.54) is 64.2 Å². The summed E-state index contributed by atoms with van der Waals surface area (Å²) in [5.41, 5.74) is 0. The van der Waals surface area contributed by atoms with E-state index >= 15 is 0 Å². The molecule has 28 heavy (non-hydrogen) atoms. The zero-order valence-electron chi connectivity index (χ0n) is 22.1. The molecule has 1 saturated carbocycles. The van der Waals surface area contributed by atoms with Gasteiger partial charge in [0.25, 0.3) is 0 Å². The predicted octanol–water partition coefficient (Wildman–Crippen LogP) is 10.4. The van der Waals surface area contributed by atoms with Gasteiger partial charge >= 0.3 is 0 Å². The van der Waals surface area contributed by atoms with Crippen LogP contribution < -0.4 is 0 Å². The van der Waals surface area contributed by atoms with Crippen LogP contribution in [-0.2, 0) is 0 Å². The quantitative estimate of drug-likeness (QED) is 0.325. The van der Waals surface area contributed by atoms with Crippen LogP contribution in [-0.4, -0.2) is 0 Å². The van der Waals surface area contributed by atoms with Gasteiger partial charge in [-0.3, -0.25) is 0 Å². The third-order valence-electron chi connectivity index (χ3n) is 7.19. The molecular formula is C28H60. The van der Waals surface area contributed by atoms with Gasteiger partial charge in [0, 0.05) is 0 Å². The molecule has 0 heterocycles. The van der Waals surface area contributed by atoms with Crippen molar-refractivity contribution in [2.75, 3.05) is 0 Å². The second kappa shape index (κ2) is 19.0. The van der Waals surface area contributed by atoms with Gasteiger partial charge in [-0.25, -0.2) is 0 Å². The van der Waals surface area contributed by atoms with E-state index in [-0.39, 0.29) is 0 Å². The molecule has 0 spiro atoms. The molecule has 0 heteroatoms. The van der Waals surface area contributed by atoms with E-state index in [0.29, 0.717) is 0 Å². The van der Waals surface area contributed by atoms with Crippen LogP contribution in [0.3, 0.4) is 0 Å². The predicted molar refractivity (Wildman–Crippen MR) is 133 cm³/mol. The molecule has 1 aliphatic rings. The largest absolute Gasteiger partial charge is 0.0683 e. The highest BCUT2D eigenvalue weighted by molar-refractivity contribution is 4.85. The molecule has 4 atom stereocenters. The second-order valence-electron chi connectivity index (χ2n) is 10.0. The van der Waals surface area contributed by atoms with Gasteiger partial charge in [-0.05, 0) is 47.8 Å². The normalized spacial score (nSPS) is 18.8. The number of rotatable bonds is 11. The molecule has 0 aromatic rings. The fourth-order valence-electron chi connectivity index (χ4n) is 5.46. The molecule has 0 aromatic carbocycles. The van der Waals surface area contributed by atoms with Crippen molar-refractivity contribution in [1.29, 1.82) is 0 Å². The lowest BCUT2D eigenvalue weighted by atomic mass is 9.66. The number of hydrogen-bond acceptors (Lipinski definition) is 0.